The summed E-state index contributed by atoms with van der Waals surface area (Å²) in [6.07, 6.45) is 0.0765. The molecule has 0 bridgehead atoms. The molecule has 0 aromatic heterocycles. The molecule has 0 radical (unpaired) electrons. The average Bonchev–Trinajstić information content (AvgIpc) is 2.83. The van der Waals surface area contributed by atoms with E-state index >= 15 is 0 Å². The van der Waals surface area contributed by atoms with Gasteiger partial charge in [-0.2, -0.15) is 5.10 Å². The molecule has 5 heteroatoms. The van der Waals surface area contributed by atoms with Gasteiger partial charge in [0.05, 0.1) is 11.3 Å². The zero-order valence-electron chi connectivity index (χ0n) is 11.1. The number of halogens is 1. The van der Waals surface area contributed by atoms with Crippen LogP contribution < -0.4 is 5.84 Å². The Morgan fingerprint density at radius 1 is 1.19 bits per heavy atom. The largest absolute Gasteiger partial charge is 0.453 e. The molecule has 4 nitrogen and oxygen atoms in total. The van der Waals surface area contributed by atoms with Crippen molar-refractivity contribution in [1.82, 2.24) is 0 Å². The Kier molecular flexibility index (Phi) is 3.62. The third kappa shape index (κ3) is 2.62. The van der Waals surface area contributed by atoms with Crippen LogP contribution in [-0.2, 0) is 4.74 Å². The lowest BCUT2D eigenvalue weighted by Crippen LogP contribution is -2.11. The molecule has 0 saturated carbocycles. The monoisotopic (exact) mass is 300 g/mol. The summed E-state index contributed by atoms with van der Waals surface area (Å²) < 4.78 is 5.41. The highest BCUT2D eigenvalue weighted by Crippen LogP contribution is 2.33. The SMILES string of the molecule is N/N=C(/CC1OC(=O)c2ccccc21)c1ccc(Cl)cc1. The zero-order valence-corrected chi connectivity index (χ0v) is 11.9. The van der Waals surface area contributed by atoms with Crippen LogP contribution in [0.3, 0.4) is 0 Å². The Bertz CT molecular complexity index is 710. The van der Waals surface area contributed by atoms with Gasteiger partial charge in [-0.3, -0.25) is 0 Å². The van der Waals surface area contributed by atoms with Gasteiger partial charge in [-0.25, -0.2) is 4.79 Å². The summed E-state index contributed by atoms with van der Waals surface area (Å²) in [5.41, 5.74) is 3.01. The molecule has 1 heterocycles. The summed E-state index contributed by atoms with van der Waals surface area (Å²) in [6, 6.07) is 14.6. The number of hydrogen-bond acceptors (Lipinski definition) is 4. The Balaban J connectivity index is 1.86. The maximum absolute atomic E-state index is 11.8. The third-order valence-electron chi connectivity index (χ3n) is 3.49. The van der Waals surface area contributed by atoms with Crippen molar-refractivity contribution in [2.45, 2.75) is 12.5 Å². The van der Waals surface area contributed by atoms with Crippen LogP contribution in [0.5, 0.6) is 0 Å². The molecule has 1 atom stereocenters. The van der Waals surface area contributed by atoms with Gasteiger partial charge in [0, 0.05) is 17.0 Å². The van der Waals surface area contributed by atoms with E-state index in [1.807, 2.05) is 30.3 Å². The van der Waals surface area contributed by atoms with Crippen molar-refractivity contribution in [3.8, 4) is 0 Å². The number of hydrogen-bond donors (Lipinski definition) is 1. The molecule has 0 amide bonds. The number of nitrogens with zero attached hydrogens (tertiary/aromatic N) is 1. The van der Waals surface area contributed by atoms with E-state index in [2.05, 4.69) is 5.10 Å². The van der Waals surface area contributed by atoms with E-state index in [1.54, 1.807) is 18.2 Å². The number of esters is 1. The number of hydrazone groups is 1. The molecular formula is C16H13ClN2O2. The minimum atomic E-state index is -0.355. The minimum Gasteiger partial charge on any atom is -0.453 e. The van der Waals surface area contributed by atoms with E-state index in [9.17, 15) is 4.79 Å². The molecule has 3 rings (SSSR count). The molecule has 2 aromatic rings. The van der Waals surface area contributed by atoms with E-state index in [-0.39, 0.29) is 12.1 Å². The smallest absolute Gasteiger partial charge is 0.339 e. The fourth-order valence-electron chi connectivity index (χ4n) is 2.43. The van der Waals surface area contributed by atoms with Gasteiger partial charge in [-0.15, -0.1) is 0 Å². The number of carbonyl (C=O) groups is 1. The lowest BCUT2D eigenvalue weighted by atomic mass is 9.98. The third-order valence-corrected chi connectivity index (χ3v) is 3.74. The second-order valence-electron chi connectivity index (χ2n) is 4.77. The molecule has 0 fully saturated rings. The number of rotatable bonds is 3. The Labute approximate surface area is 127 Å². The quantitative estimate of drug-likeness (QED) is 0.409. The maximum Gasteiger partial charge on any atom is 0.339 e. The molecule has 0 spiro atoms. The first-order valence-corrected chi connectivity index (χ1v) is 6.89. The van der Waals surface area contributed by atoms with E-state index in [0.29, 0.717) is 22.7 Å². The lowest BCUT2D eigenvalue weighted by Gasteiger charge is -2.12. The van der Waals surface area contributed by atoms with Crippen molar-refractivity contribution in [3.05, 3.63) is 70.2 Å². The average molecular weight is 301 g/mol. The summed E-state index contributed by atoms with van der Waals surface area (Å²) in [4.78, 5) is 11.8. The molecule has 0 saturated heterocycles. The van der Waals surface area contributed by atoms with E-state index in [4.69, 9.17) is 22.2 Å². The Morgan fingerprint density at radius 3 is 2.62 bits per heavy atom. The van der Waals surface area contributed by atoms with Gasteiger partial charge >= 0.3 is 5.97 Å². The van der Waals surface area contributed by atoms with E-state index in [0.717, 1.165) is 11.1 Å². The first-order chi connectivity index (χ1) is 10.2. The highest BCUT2D eigenvalue weighted by molar-refractivity contribution is 6.30. The summed E-state index contributed by atoms with van der Waals surface area (Å²) >= 11 is 5.88. The summed E-state index contributed by atoms with van der Waals surface area (Å²) in [7, 11) is 0. The van der Waals surface area contributed by atoms with Crippen molar-refractivity contribution in [2.75, 3.05) is 0 Å². The van der Waals surface area contributed by atoms with Crippen LogP contribution in [0, 0.1) is 0 Å². The highest BCUT2D eigenvalue weighted by atomic mass is 35.5. The number of ether oxygens (including phenoxy) is 1. The fourth-order valence-corrected chi connectivity index (χ4v) is 2.56. The fraction of sp³-hybridized carbons (Fsp3) is 0.125. The van der Waals surface area contributed by atoms with Gasteiger partial charge in [0.25, 0.3) is 0 Å². The number of cyclic esters (lactones) is 1. The Hall–Kier alpha value is -2.33. The predicted molar refractivity (Wildman–Crippen MR) is 81.4 cm³/mol. The van der Waals surface area contributed by atoms with Gasteiger partial charge in [0.15, 0.2) is 0 Å². The Morgan fingerprint density at radius 2 is 1.90 bits per heavy atom. The summed E-state index contributed by atoms with van der Waals surface area (Å²) in [5.74, 6) is 5.19. The van der Waals surface area contributed by atoms with Crippen molar-refractivity contribution in [3.63, 3.8) is 0 Å². The van der Waals surface area contributed by atoms with E-state index in [1.165, 1.54) is 0 Å². The molecule has 1 unspecified atom stereocenters. The second kappa shape index (κ2) is 5.58. The van der Waals surface area contributed by atoms with Crippen LogP contribution in [0.2, 0.25) is 5.02 Å². The highest BCUT2D eigenvalue weighted by Gasteiger charge is 2.31. The van der Waals surface area contributed by atoms with Gasteiger partial charge < -0.3 is 10.6 Å². The van der Waals surface area contributed by atoms with Gasteiger partial charge in [0.2, 0.25) is 0 Å². The topological polar surface area (TPSA) is 64.7 Å². The van der Waals surface area contributed by atoms with Gasteiger partial charge in [0.1, 0.15) is 6.10 Å². The van der Waals surface area contributed by atoms with E-state index < -0.39 is 0 Å². The van der Waals surface area contributed by atoms with Gasteiger partial charge in [-0.05, 0) is 23.8 Å². The zero-order chi connectivity index (χ0) is 14.8. The molecule has 1 aliphatic rings. The van der Waals surface area contributed by atoms with Crippen molar-refractivity contribution < 1.29 is 9.53 Å². The number of benzene rings is 2. The molecule has 1 aliphatic heterocycles. The van der Waals surface area contributed by atoms with Crippen LogP contribution in [0.15, 0.2) is 53.6 Å². The minimum absolute atomic E-state index is 0.303. The maximum atomic E-state index is 11.8. The number of fused-ring (bicyclic) bond motifs is 1. The number of nitrogens with two attached hydrogens (primary N) is 1. The molecule has 2 N–H and O–H groups in total. The molecule has 21 heavy (non-hydrogen) atoms. The van der Waals surface area contributed by atoms with Crippen molar-refractivity contribution >= 4 is 23.3 Å². The second-order valence-corrected chi connectivity index (χ2v) is 5.20. The predicted octanol–water partition coefficient (Wildman–Crippen LogP) is 3.30. The first kappa shape index (κ1) is 13.6. The lowest BCUT2D eigenvalue weighted by molar-refractivity contribution is 0.0400. The van der Waals surface area contributed by atoms with Crippen LogP contribution in [-0.4, -0.2) is 11.7 Å². The van der Waals surface area contributed by atoms with Crippen LogP contribution in [0.4, 0.5) is 0 Å². The van der Waals surface area contributed by atoms with Crippen LogP contribution in [0.1, 0.15) is 34.0 Å². The molecular weight excluding hydrogens is 288 g/mol. The molecule has 0 aliphatic carbocycles. The van der Waals surface area contributed by atoms with Gasteiger partial charge in [-0.1, -0.05) is 41.9 Å². The van der Waals surface area contributed by atoms with Crippen LogP contribution >= 0.6 is 11.6 Å². The van der Waals surface area contributed by atoms with Crippen molar-refractivity contribution in [2.24, 2.45) is 10.9 Å². The normalized spacial score (nSPS) is 17.5. The summed E-state index contributed by atoms with van der Waals surface area (Å²) in [6.45, 7) is 0. The standard InChI is InChI=1S/C16H13ClN2O2/c17-11-7-5-10(6-8-11)14(19-18)9-15-12-3-1-2-4-13(12)16(20)21-15/h1-8,15H,9,18H2/b19-14-. The van der Waals surface area contributed by atoms with Crippen molar-refractivity contribution in [1.29, 1.82) is 0 Å². The molecule has 2 aromatic carbocycles. The molecule has 106 valence electrons. The number of carbonyl (C=O) groups excluding carboxylic acids is 1. The summed E-state index contributed by atoms with van der Waals surface area (Å²) in [5, 5.41) is 4.48. The first-order valence-electron chi connectivity index (χ1n) is 6.51. The van der Waals surface area contributed by atoms with Crippen LogP contribution in [0.25, 0.3) is 0 Å².